The summed E-state index contributed by atoms with van der Waals surface area (Å²) in [5.74, 6) is 0.293. The van der Waals surface area contributed by atoms with Gasteiger partial charge in [-0.1, -0.05) is 30.4 Å². The number of carbonyl (C=O) groups is 1. The van der Waals surface area contributed by atoms with Crippen LogP contribution in [0.3, 0.4) is 0 Å². The van der Waals surface area contributed by atoms with Crippen LogP contribution in [0.25, 0.3) is 11.6 Å². The molecule has 0 aliphatic rings. The first-order valence-electron chi connectivity index (χ1n) is 8.80. The molecular weight excluding hydrogens is 368 g/mol. The highest BCUT2D eigenvalue weighted by Crippen LogP contribution is 2.32. The van der Waals surface area contributed by atoms with Crippen molar-refractivity contribution in [2.75, 3.05) is 20.8 Å². The van der Waals surface area contributed by atoms with Crippen molar-refractivity contribution >= 4 is 17.6 Å². The molecule has 0 spiro atoms. The Labute approximate surface area is 169 Å². The Balaban J connectivity index is 2.59. The number of esters is 1. The van der Waals surface area contributed by atoms with E-state index < -0.39 is 5.97 Å². The van der Waals surface area contributed by atoms with Gasteiger partial charge in [-0.2, -0.15) is 10.5 Å². The minimum absolute atomic E-state index is 0.121. The van der Waals surface area contributed by atoms with E-state index in [1.807, 2.05) is 6.07 Å². The first-order chi connectivity index (χ1) is 14.1. The largest absolute Gasteiger partial charge is 0.493 e. The van der Waals surface area contributed by atoms with Gasteiger partial charge in [-0.05, 0) is 42.3 Å². The van der Waals surface area contributed by atoms with Crippen LogP contribution in [0, 0.1) is 22.7 Å². The molecule has 2 rings (SSSR count). The molecule has 0 aliphatic heterocycles. The third kappa shape index (κ3) is 5.24. The molecule has 0 bridgehead atoms. The van der Waals surface area contributed by atoms with Crippen molar-refractivity contribution in [1.29, 1.82) is 10.5 Å². The maximum absolute atomic E-state index is 12.3. The van der Waals surface area contributed by atoms with Crippen molar-refractivity contribution in [3.05, 3.63) is 70.8 Å². The van der Waals surface area contributed by atoms with Crippen molar-refractivity contribution in [3.63, 3.8) is 0 Å². The fourth-order valence-electron chi connectivity index (χ4n) is 2.60. The second-order valence-electron chi connectivity index (χ2n) is 5.76. The average Bonchev–Trinajstić information content (AvgIpc) is 2.76. The van der Waals surface area contributed by atoms with Crippen LogP contribution in [0.4, 0.5) is 0 Å². The standard InChI is InChI=1S/C23H20N2O4/c1-4-29-23(26)20(15-25)19(11-9-16-5-7-17(14-24)8-6-16)18-10-12-21(27-2)22(13-18)28-3/h5-13H,4H2,1-3H3/b11-9+,20-19+. The first-order valence-corrected chi connectivity index (χ1v) is 8.80. The molecule has 0 fully saturated rings. The van der Waals surface area contributed by atoms with Gasteiger partial charge in [-0.25, -0.2) is 4.79 Å². The molecule has 0 aliphatic carbocycles. The molecule has 6 heteroatoms. The molecule has 0 unspecified atom stereocenters. The molecule has 6 nitrogen and oxygen atoms in total. The summed E-state index contributed by atoms with van der Waals surface area (Å²) in [6.07, 6.45) is 3.42. The average molecular weight is 388 g/mol. The molecular formula is C23H20N2O4. The number of carbonyl (C=O) groups excluding carboxylic acids is 1. The van der Waals surface area contributed by atoms with Crippen molar-refractivity contribution in [1.82, 2.24) is 0 Å². The van der Waals surface area contributed by atoms with Gasteiger partial charge in [0.1, 0.15) is 11.6 Å². The van der Waals surface area contributed by atoms with Crippen molar-refractivity contribution in [2.24, 2.45) is 0 Å². The molecule has 0 heterocycles. The number of benzene rings is 2. The second kappa shape index (κ2) is 10.3. The summed E-state index contributed by atoms with van der Waals surface area (Å²) in [6, 6.07) is 16.1. The smallest absolute Gasteiger partial charge is 0.349 e. The number of methoxy groups -OCH3 is 2. The molecule has 0 saturated carbocycles. The Morgan fingerprint density at radius 1 is 1.03 bits per heavy atom. The maximum Gasteiger partial charge on any atom is 0.349 e. The summed E-state index contributed by atoms with van der Waals surface area (Å²) in [5.41, 5.74) is 2.21. The van der Waals surface area contributed by atoms with E-state index in [-0.39, 0.29) is 12.2 Å². The summed E-state index contributed by atoms with van der Waals surface area (Å²) in [5, 5.41) is 18.5. The number of allylic oxidation sites excluding steroid dienone is 2. The van der Waals surface area contributed by atoms with E-state index in [1.165, 1.54) is 14.2 Å². The zero-order valence-corrected chi connectivity index (χ0v) is 16.4. The zero-order valence-electron chi connectivity index (χ0n) is 16.4. The van der Waals surface area contributed by atoms with Crippen LogP contribution in [-0.2, 0) is 9.53 Å². The molecule has 146 valence electrons. The molecule has 2 aromatic carbocycles. The summed E-state index contributed by atoms with van der Waals surface area (Å²) >= 11 is 0. The number of nitriles is 2. The lowest BCUT2D eigenvalue weighted by Gasteiger charge is -2.12. The van der Waals surface area contributed by atoms with Crippen LogP contribution in [0.5, 0.6) is 11.5 Å². The van der Waals surface area contributed by atoms with Gasteiger partial charge in [0.15, 0.2) is 11.5 Å². The van der Waals surface area contributed by atoms with Gasteiger partial charge in [0, 0.05) is 5.57 Å². The van der Waals surface area contributed by atoms with Gasteiger partial charge in [0.2, 0.25) is 0 Å². The van der Waals surface area contributed by atoms with E-state index in [9.17, 15) is 10.1 Å². The Morgan fingerprint density at radius 3 is 2.28 bits per heavy atom. The van der Waals surface area contributed by atoms with Crippen molar-refractivity contribution in [2.45, 2.75) is 6.92 Å². The monoisotopic (exact) mass is 388 g/mol. The van der Waals surface area contributed by atoms with Crippen LogP contribution in [-0.4, -0.2) is 26.8 Å². The van der Waals surface area contributed by atoms with Crippen LogP contribution in [0.15, 0.2) is 54.1 Å². The van der Waals surface area contributed by atoms with E-state index in [4.69, 9.17) is 19.5 Å². The topological polar surface area (TPSA) is 92.3 Å². The number of rotatable bonds is 7. The first kappa shape index (κ1) is 21.3. The molecule has 0 aromatic heterocycles. The van der Waals surface area contributed by atoms with Crippen molar-refractivity contribution in [3.8, 4) is 23.6 Å². The maximum atomic E-state index is 12.3. The summed E-state index contributed by atoms with van der Waals surface area (Å²) in [7, 11) is 3.03. The molecule has 0 N–H and O–H groups in total. The Bertz CT molecular complexity index is 1020. The molecule has 0 amide bonds. The molecule has 0 saturated heterocycles. The van der Waals surface area contributed by atoms with Gasteiger partial charge in [-0.3, -0.25) is 0 Å². The highest BCUT2D eigenvalue weighted by Gasteiger charge is 2.18. The highest BCUT2D eigenvalue weighted by molar-refractivity contribution is 6.04. The molecule has 29 heavy (non-hydrogen) atoms. The summed E-state index contributed by atoms with van der Waals surface area (Å²) < 4.78 is 15.6. The number of nitrogens with zero attached hydrogens (tertiary/aromatic N) is 2. The fraction of sp³-hybridized carbons (Fsp3) is 0.174. The minimum Gasteiger partial charge on any atom is -0.493 e. The predicted molar refractivity (Wildman–Crippen MR) is 109 cm³/mol. The number of hydrogen-bond donors (Lipinski definition) is 0. The van der Waals surface area contributed by atoms with Gasteiger partial charge < -0.3 is 14.2 Å². The quantitative estimate of drug-likeness (QED) is 0.306. The Kier molecular flexibility index (Phi) is 7.59. The van der Waals surface area contributed by atoms with Gasteiger partial charge in [0.05, 0.1) is 32.5 Å². The third-order valence-corrected chi connectivity index (χ3v) is 4.04. The molecule has 0 radical (unpaired) electrons. The van der Waals surface area contributed by atoms with Crippen LogP contribution in [0.1, 0.15) is 23.6 Å². The molecule has 0 atom stereocenters. The lowest BCUT2D eigenvalue weighted by atomic mass is 9.98. The minimum atomic E-state index is -0.704. The van der Waals surface area contributed by atoms with Gasteiger partial charge in [-0.15, -0.1) is 0 Å². The van der Waals surface area contributed by atoms with Crippen LogP contribution < -0.4 is 9.47 Å². The lowest BCUT2D eigenvalue weighted by molar-refractivity contribution is -0.137. The van der Waals surface area contributed by atoms with Gasteiger partial charge >= 0.3 is 5.97 Å². The van der Waals surface area contributed by atoms with Gasteiger partial charge in [0.25, 0.3) is 0 Å². The Morgan fingerprint density at radius 2 is 1.72 bits per heavy atom. The number of hydrogen-bond acceptors (Lipinski definition) is 6. The van der Waals surface area contributed by atoms with E-state index >= 15 is 0 Å². The second-order valence-corrected chi connectivity index (χ2v) is 5.76. The predicted octanol–water partition coefficient (Wildman–Crippen LogP) is 4.13. The Hall–Kier alpha value is -4.03. The highest BCUT2D eigenvalue weighted by atomic mass is 16.5. The van der Waals surface area contributed by atoms with Crippen LogP contribution in [0.2, 0.25) is 0 Å². The molecule has 2 aromatic rings. The third-order valence-electron chi connectivity index (χ3n) is 4.04. The van der Waals surface area contributed by atoms with E-state index in [0.29, 0.717) is 28.2 Å². The lowest BCUT2D eigenvalue weighted by Crippen LogP contribution is -2.08. The van der Waals surface area contributed by atoms with E-state index in [0.717, 1.165) is 5.56 Å². The summed E-state index contributed by atoms with van der Waals surface area (Å²) in [6.45, 7) is 1.83. The number of ether oxygens (including phenoxy) is 3. The van der Waals surface area contributed by atoms with E-state index in [1.54, 1.807) is 61.5 Å². The van der Waals surface area contributed by atoms with Crippen molar-refractivity contribution < 1.29 is 19.0 Å². The SMILES string of the molecule is CCOC(=O)/C(C#N)=C(\C=C\c1ccc(C#N)cc1)c1ccc(OC)c(OC)c1. The zero-order chi connectivity index (χ0) is 21.2. The summed E-state index contributed by atoms with van der Waals surface area (Å²) in [4.78, 5) is 12.3. The fourth-order valence-corrected chi connectivity index (χ4v) is 2.60. The normalized spacial score (nSPS) is 11.2. The van der Waals surface area contributed by atoms with Crippen LogP contribution >= 0.6 is 0 Å². The van der Waals surface area contributed by atoms with E-state index in [2.05, 4.69) is 6.07 Å².